The van der Waals surface area contributed by atoms with Crippen molar-refractivity contribution < 1.29 is 22.5 Å². The highest BCUT2D eigenvalue weighted by molar-refractivity contribution is 7.90. The smallest absolute Gasteiger partial charge is 0.244 e. The third kappa shape index (κ3) is 3.76. The van der Waals surface area contributed by atoms with Crippen molar-refractivity contribution in [2.45, 2.75) is 31.8 Å². The molecule has 0 N–H and O–H groups in total. The molecular weight excluding hydrogens is 320 g/mol. The van der Waals surface area contributed by atoms with E-state index in [2.05, 4.69) is 10.1 Å². The minimum atomic E-state index is -3.62. The van der Waals surface area contributed by atoms with Gasteiger partial charge in [-0.1, -0.05) is 5.16 Å². The molecule has 0 unspecified atom stereocenters. The molecule has 0 saturated carbocycles. The quantitative estimate of drug-likeness (QED) is 0.745. The Bertz CT molecular complexity index is 826. The first-order valence-corrected chi connectivity index (χ1v) is 8.65. The summed E-state index contributed by atoms with van der Waals surface area (Å²) in [5, 5.41) is 2.66. The summed E-state index contributed by atoms with van der Waals surface area (Å²) in [5.41, 5.74) is 0.848. The number of rotatable bonds is 6. The number of carbonyl (C=O) groups is 1. The van der Waals surface area contributed by atoms with E-state index in [4.69, 9.17) is 9.26 Å². The third-order valence-electron chi connectivity index (χ3n) is 3.47. The number of ketones is 1. The fourth-order valence-corrected chi connectivity index (χ4v) is 3.40. The number of benzene rings is 1. The Morgan fingerprint density at radius 1 is 1.39 bits per heavy atom. The summed E-state index contributed by atoms with van der Waals surface area (Å²) in [6.07, 6.45) is 0. The van der Waals surface area contributed by atoms with Crippen molar-refractivity contribution in [3.63, 3.8) is 0 Å². The number of Topliss-reactive ketones (excluding diaryl/α,β-unsaturated/α-hetero) is 1. The van der Waals surface area contributed by atoms with Crippen molar-refractivity contribution in [2.75, 3.05) is 7.11 Å². The molecule has 1 heterocycles. The van der Waals surface area contributed by atoms with E-state index in [1.807, 2.05) is 0 Å². The molecule has 0 fully saturated rings. The van der Waals surface area contributed by atoms with Gasteiger partial charge in [-0.3, -0.25) is 4.79 Å². The van der Waals surface area contributed by atoms with Gasteiger partial charge >= 0.3 is 0 Å². The van der Waals surface area contributed by atoms with Crippen LogP contribution in [0.2, 0.25) is 0 Å². The largest absolute Gasteiger partial charge is 0.496 e. The maximum atomic E-state index is 12.6. The number of nitrogens with zero attached hydrogens (tertiary/aromatic N) is 2. The van der Waals surface area contributed by atoms with Crippen molar-refractivity contribution >= 4 is 15.6 Å². The molecule has 1 aromatic heterocycles. The van der Waals surface area contributed by atoms with Gasteiger partial charge in [-0.05, 0) is 39.0 Å². The topological polar surface area (TPSA) is 99.4 Å². The predicted octanol–water partition coefficient (Wildman–Crippen LogP) is 2.27. The molecule has 1 atom stereocenters. The average molecular weight is 338 g/mol. The summed E-state index contributed by atoms with van der Waals surface area (Å²) in [6.45, 7) is 4.53. The molecule has 2 aromatic rings. The van der Waals surface area contributed by atoms with Crippen molar-refractivity contribution in [1.82, 2.24) is 10.1 Å². The SMILES string of the molecule is COc1ccc(C(C)=O)cc1CS(=O)(=O)[C@H](C)c1nc(C)no1. The van der Waals surface area contributed by atoms with Gasteiger partial charge in [0.15, 0.2) is 21.4 Å². The lowest BCUT2D eigenvalue weighted by atomic mass is 10.1. The Hall–Kier alpha value is -2.22. The fraction of sp³-hybridized carbons (Fsp3) is 0.400. The Kier molecular flexibility index (Phi) is 4.84. The predicted molar refractivity (Wildman–Crippen MR) is 83.1 cm³/mol. The highest BCUT2D eigenvalue weighted by atomic mass is 32.2. The second-order valence-electron chi connectivity index (χ2n) is 5.21. The van der Waals surface area contributed by atoms with E-state index >= 15 is 0 Å². The van der Waals surface area contributed by atoms with Crippen LogP contribution in [0.1, 0.15) is 46.7 Å². The minimum absolute atomic E-state index is 0.0455. The molecule has 1 aromatic carbocycles. The van der Waals surface area contributed by atoms with Crippen LogP contribution < -0.4 is 4.74 Å². The monoisotopic (exact) mass is 338 g/mol. The molecule has 8 heteroatoms. The fourth-order valence-electron chi connectivity index (χ4n) is 2.08. The van der Waals surface area contributed by atoms with Crippen LogP contribution in [0.3, 0.4) is 0 Å². The Labute approximate surface area is 134 Å². The molecule has 0 bridgehead atoms. The molecule has 0 radical (unpaired) electrons. The van der Waals surface area contributed by atoms with Gasteiger partial charge in [0.05, 0.1) is 12.9 Å². The molecule has 0 aliphatic carbocycles. The molecule has 0 spiro atoms. The lowest BCUT2D eigenvalue weighted by Gasteiger charge is -2.13. The Balaban J connectivity index is 2.36. The van der Waals surface area contributed by atoms with Gasteiger partial charge in [-0.15, -0.1) is 0 Å². The Morgan fingerprint density at radius 3 is 2.61 bits per heavy atom. The van der Waals surface area contributed by atoms with Gasteiger partial charge < -0.3 is 9.26 Å². The normalized spacial score (nSPS) is 12.9. The van der Waals surface area contributed by atoms with Crippen molar-refractivity contribution in [3.05, 3.63) is 41.0 Å². The van der Waals surface area contributed by atoms with E-state index < -0.39 is 15.1 Å². The number of carbonyl (C=O) groups excluding carboxylic acids is 1. The maximum Gasteiger partial charge on any atom is 0.244 e. The van der Waals surface area contributed by atoms with Crippen LogP contribution in [0.5, 0.6) is 5.75 Å². The molecular formula is C15H18N2O5S. The standard InChI is InChI=1S/C15H18N2O5S/c1-9(18)12-5-6-14(21-4)13(7-12)8-23(19,20)10(2)15-16-11(3)17-22-15/h5-7,10H,8H2,1-4H3/t10-/m1/s1. The number of methoxy groups -OCH3 is 1. The molecule has 124 valence electrons. The zero-order chi connectivity index (χ0) is 17.2. The number of ether oxygens (including phenoxy) is 1. The van der Waals surface area contributed by atoms with E-state index in [1.54, 1.807) is 19.1 Å². The zero-order valence-electron chi connectivity index (χ0n) is 13.4. The molecule has 2 rings (SSSR count). The minimum Gasteiger partial charge on any atom is -0.496 e. The van der Waals surface area contributed by atoms with Crippen LogP contribution in [0.15, 0.2) is 22.7 Å². The molecule has 0 saturated heterocycles. The van der Waals surface area contributed by atoms with Crippen molar-refractivity contribution in [2.24, 2.45) is 0 Å². The van der Waals surface area contributed by atoms with Gasteiger partial charge in [0, 0.05) is 11.1 Å². The van der Waals surface area contributed by atoms with E-state index in [-0.39, 0.29) is 17.4 Å². The molecule has 0 aliphatic heterocycles. The third-order valence-corrected chi connectivity index (χ3v) is 5.47. The highest BCUT2D eigenvalue weighted by Crippen LogP contribution is 2.28. The second kappa shape index (κ2) is 6.49. The Morgan fingerprint density at radius 2 is 2.09 bits per heavy atom. The summed E-state index contributed by atoms with van der Waals surface area (Å²) in [7, 11) is -2.17. The summed E-state index contributed by atoms with van der Waals surface area (Å²) < 4.78 is 35.3. The number of sulfone groups is 1. The number of aromatic nitrogens is 2. The van der Waals surface area contributed by atoms with Crippen LogP contribution in [-0.4, -0.2) is 31.5 Å². The first-order chi connectivity index (χ1) is 10.7. The van der Waals surface area contributed by atoms with Crippen molar-refractivity contribution in [3.8, 4) is 5.75 Å². The van der Waals surface area contributed by atoms with Gasteiger partial charge in [-0.25, -0.2) is 8.42 Å². The molecule has 0 aliphatic rings. The summed E-state index contributed by atoms with van der Waals surface area (Å²) in [6, 6.07) is 4.72. The summed E-state index contributed by atoms with van der Waals surface area (Å²) in [4.78, 5) is 15.5. The van der Waals surface area contributed by atoms with Crippen molar-refractivity contribution in [1.29, 1.82) is 0 Å². The van der Waals surface area contributed by atoms with E-state index in [1.165, 1.54) is 27.0 Å². The van der Waals surface area contributed by atoms with E-state index in [9.17, 15) is 13.2 Å². The van der Waals surface area contributed by atoms with Gasteiger partial charge in [0.25, 0.3) is 0 Å². The lowest BCUT2D eigenvalue weighted by Crippen LogP contribution is -2.14. The maximum absolute atomic E-state index is 12.6. The van der Waals surface area contributed by atoms with Crippen LogP contribution in [0, 0.1) is 6.92 Å². The van der Waals surface area contributed by atoms with Crippen LogP contribution >= 0.6 is 0 Å². The highest BCUT2D eigenvalue weighted by Gasteiger charge is 2.29. The van der Waals surface area contributed by atoms with E-state index in [0.717, 1.165) is 0 Å². The van der Waals surface area contributed by atoms with Gasteiger partial charge in [-0.2, -0.15) is 4.98 Å². The average Bonchev–Trinajstić information content (AvgIpc) is 2.92. The van der Waals surface area contributed by atoms with Gasteiger partial charge in [0.1, 0.15) is 11.0 Å². The van der Waals surface area contributed by atoms with Crippen LogP contribution in [0.4, 0.5) is 0 Å². The number of hydrogen-bond donors (Lipinski definition) is 0. The molecule has 0 amide bonds. The first-order valence-electron chi connectivity index (χ1n) is 6.94. The zero-order valence-corrected chi connectivity index (χ0v) is 14.2. The number of hydrogen-bond acceptors (Lipinski definition) is 7. The second-order valence-corrected chi connectivity index (χ2v) is 7.53. The lowest BCUT2D eigenvalue weighted by molar-refractivity contribution is 0.101. The summed E-state index contributed by atoms with van der Waals surface area (Å²) in [5.74, 6) is 0.390. The number of aryl methyl sites for hydroxylation is 1. The van der Waals surface area contributed by atoms with Gasteiger partial charge in [0.2, 0.25) is 5.89 Å². The van der Waals surface area contributed by atoms with Crippen LogP contribution in [-0.2, 0) is 15.6 Å². The van der Waals surface area contributed by atoms with E-state index in [0.29, 0.717) is 22.7 Å². The van der Waals surface area contributed by atoms with Crippen LogP contribution in [0.25, 0.3) is 0 Å². The molecule has 7 nitrogen and oxygen atoms in total. The summed E-state index contributed by atoms with van der Waals surface area (Å²) >= 11 is 0. The first kappa shape index (κ1) is 17.1. The molecule has 23 heavy (non-hydrogen) atoms.